The smallest absolute Gasteiger partial charge is 0.232 e. The monoisotopic (exact) mass is 462 g/mol. The molecule has 0 N–H and O–H groups in total. The number of ketones is 1. The number of halogens is 4. The Kier molecular flexibility index (Phi) is 5.74. The Morgan fingerprint density at radius 1 is 1.03 bits per heavy atom. The maximum absolute atomic E-state index is 13.2. The molecule has 0 spiro atoms. The Morgan fingerprint density at radius 2 is 1.77 bits per heavy atom. The molecule has 1 heterocycles. The average molecular weight is 464 g/mol. The zero-order valence-corrected chi connectivity index (χ0v) is 17.9. The predicted molar refractivity (Wildman–Crippen MR) is 116 cm³/mol. The van der Waals surface area contributed by atoms with Crippen LogP contribution in [0, 0.1) is 12.7 Å². The number of ether oxygens (including phenoxy) is 2. The number of carbonyl (C=O) groups is 1. The number of Topliss-reactive ketones (excluding diaryl/α,β-unsaturated/α-hetero) is 1. The van der Waals surface area contributed by atoms with Gasteiger partial charge in [0, 0.05) is 27.2 Å². The van der Waals surface area contributed by atoms with Gasteiger partial charge in [0.15, 0.2) is 5.76 Å². The number of fused-ring (bicyclic) bond motifs is 1. The molecule has 0 aliphatic carbocycles. The highest BCUT2D eigenvalue weighted by Gasteiger charge is 2.30. The van der Waals surface area contributed by atoms with Crippen molar-refractivity contribution in [1.29, 1.82) is 0 Å². The molecule has 3 aromatic carbocycles. The second kappa shape index (κ2) is 8.31. The fraction of sp³-hybridized carbons (Fsp3) is 0.0870. The molecule has 7 heteroatoms. The summed E-state index contributed by atoms with van der Waals surface area (Å²) in [5.74, 6) is 0.335. The summed E-state index contributed by atoms with van der Waals surface area (Å²) in [6.45, 7) is 1.94. The van der Waals surface area contributed by atoms with Crippen LogP contribution in [0.25, 0.3) is 6.08 Å². The van der Waals surface area contributed by atoms with E-state index < -0.39 is 5.82 Å². The van der Waals surface area contributed by atoms with Crippen molar-refractivity contribution in [3.63, 3.8) is 0 Å². The second-order valence-corrected chi connectivity index (χ2v) is 7.93. The standard InChI is InChI=1S/C23H14Cl3FO3/c1-12-7-15(29-11-13-5-6-14(27)8-19(13)26)9-20-22(12)23(28)21(30-20)10-16-17(24)3-2-4-18(16)25/h2-10H,11H2,1H3/b21-10-. The van der Waals surface area contributed by atoms with Crippen molar-refractivity contribution in [2.24, 2.45) is 0 Å². The molecule has 4 rings (SSSR count). The van der Waals surface area contributed by atoms with Crippen LogP contribution in [0.5, 0.6) is 11.5 Å². The highest BCUT2D eigenvalue weighted by molar-refractivity contribution is 6.37. The number of benzene rings is 3. The van der Waals surface area contributed by atoms with Crippen LogP contribution in [0.15, 0.2) is 54.3 Å². The van der Waals surface area contributed by atoms with E-state index in [1.807, 2.05) is 0 Å². The fourth-order valence-electron chi connectivity index (χ4n) is 3.14. The van der Waals surface area contributed by atoms with Gasteiger partial charge in [-0.15, -0.1) is 0 Å². The summed E-state index contributed by atoms with van der Waals surface area (Å²) in [6.07, 6.45) is 1.53. The molecular weight excluding hydrogens is 450 g/mol. The van der Waals surface area contributed by atoms with Gasteiger partial charge in [-0.3, -0.25) is 4.79 Å². The highest BCUT2D eigenvalue weighted by Crippen LogP contribution is 2.39. The molecule has 0 amide bonds. The van der Waals surface area contributed by atoms with Crippen molar-refractivity contribution in [2.45, 2.75) is 13.5 Å². The zero-order chi connectivity index (χ0) is 21.4. The normalized spacial score (nSPS) is 14.0. The van der Waals surface area contributed by atoms with Crippen LogP contribution in [-0.2, 0) is 6.61 Å². The van der Waals surface area contributed by atoms with E-state index in [2.05, 4.69) is 0 Å². The molecule has 0 aromatic heterocycles. The molecule has 3 nitrogen and oxygen atoms in total. The number of hydrogen-bond donors (Lipinski definition) is 0. The predicted octanol–water partition coefficient (Wildman–Crippen LogP) is 7.29. The summed E-state index contributed by atoms with van der Waals surface area (Å²) in [5, 5.41) is 1.11. The molecule has 0 atom stereocenters. The zero-order valence-electron chi connectivity index (χ0n) is 15.6. The quantitative estimate of drug-likeness (QED) is 0.381. The molecule has 30 heavy (non-hydrogen) atoms. The lowest BCUT2D eigenvalue weighted by Gasteiger charge is -2.10. The summed E-state index contributed by atoms with van der Waals surface area (Å²) in [5.41, 5.74) is 2.31. The summed E-state index contributed by atoms with van der Waals surface area (Å²) in [4.78, 5) is 12.8. The van der Waals surface area contributed by atoms with Crippen LogP contribution in [-0.4, -0.2) is 5.78 Å². The molecule has 152 valence electrons. The lowest BCUT2D eigenvalue weighted by Crippen LogP contribution is -2.00. The van der Waals surface area contributed by atoms with E-state index in [0.717, 1.165) is 0 Å². The highest BCUT2D eigenvalue weighted by atomic mass is 35.5. The summed E-state index contributed by atoms with van der Waals surface area (Å²) in [6, 6.07) is 12.6. The van der Waals surface area contributed by atoms with Crippen molar-refractivity contribution < 1.29 is 18.7 Å². The number of aryl methyl sites for hydroxylation is 1. The van der Waals surface area contributed by atoms with Crippen LogP contribution >= 0.6 is 34.8 Å². The molecule has 0 saturated heterocycles. The molecule has 0 unspecified atom stereocenters. The Morgan fingerprint density at radius 3 is 2.47 bits per heavy atom. The minimum absolute atomic E-state index is 0.127. The summed E-state index contributed by atoms with van der Waals surface area (Å²) in [7, 11) is 0. The van der Waals surface area contributed by atoms with Crippen molar-refractivity contribution in [3.8, 4) is 11.5 Å². The molecular formula is C23H14Cl3FO3. The average Bonchev–Trinajstić information content (AvgIpc) is 3.00. The molecule has 0 fully saturated rings. The number of allylic oxidation sites excluding steroid dienone is 1. The van der Waals surface area contributed by atoms with Gasteiger partial charge in [-0.25, -0.2) is 4.39 Å². The third-order valence-electron chi connectivity index (χ3n) is 4.63. The minimum atomic E-state index is -0.415. The van der Waals surface area contributed by atoms with E-state index in [1.54, 1.807) is 43.3 Å². The number of carbonyl (C=O) groups excluding carboxylic acids is 1. The first-order valence-corrected chi connectivity index (χ1v) is 10.1. The Balaban J connectivity index is 1.60. The molecule has 0 radical (unpaired) electrons. The van der Waals surface area contributed by atoms with E-state index in [1.165, 1.54) is 18.2 Å². The second-order valence-electron chi connectivity index (χ2n) is 6.71. The van der Waals surface area contributed by atoms with Gasteiger partial charge in [0.05, 0.1) is 10.6 Å². The first-order chi connectivity index (χ1) is 14.3. The summed E-state index contributed by atoms with van der Waals surface area (Å²) < 4.78 is 24.8. The van der Waals surface area contributed by atoms with Crippen LogP contribution in [0.2, 0.25) is 15.1 Å². The van der Waals surface area contributed by atoms with E-state index in [4.69, 9.17) is 44.3 Å². The maximum atomic E-state index is 13.2. The minimum Gasteiger partial charge on any atom is -0.489 e. The van der Waals surface area contributed by atoms with Crippen LogP contribution in [0.3, 0.4) is 0 Å². The van der Waals surface area contributed by atoms with Crippen molar-refractivity contribution >= 4 is 46.7 Å². The largest absolute Gasteiger partial charge is 0.489 e. The first-order valence-electron chi connectivity index (χ1n) is 8.93. The van der Waals surface area contributed by atoms with Crippen molar-refractivity contribution in [1.82, 2.24) is 0 Å². The summed E-state index contributed by atoms with van der Waals surface area (Å²) >= 11 is 18.4. The molecule has 1 aliphatic heterocycles. The third-order valence-corrected chi connectivity index (χ3v) is 5.64. The van der Waals surface area contributed by atoms with Crippen molar-refractivity contribution in [3.05, 3.63) is 97.4 Å². The number of rotatable bonds is 4. The topological polar surface area (TPSA) is 35.5 Å². The molecule has 3 aromatic rings. The van der Waals surface area contributed by atoms with Gasteiger partial charge < -0.3 is 9.47 Å². The van der Waals surface area contributed by atoms with Crippen LogP contribution in [0.4, 0.5) is 4.39 Å². The van der Waals surface area contributed by atoms with Crippen molar-refractivity contribution in [2.75, 3.05) is 0 Å². The third kappa shape index (κ3) is 4.04. The first kappa shape index (κ1) is 20.7. The lowest BCUT2D eigenvalue weighted by atomic mass is 10.0. The van der Waals surface area contributed by atoms with E-state index in [9.17, 15) is 9.18 Å². The van der Waals surface area contributed by atoms with E-state index in [-0.39, 0.29) is 23.2 Å². The van der Waals surface area contributed by atoms with Gasteiger partial charge in [0.1, 0.15) is 23.9 Å². The Hall–Kier alpha value is -2.53. The van der Waals surface area contributed by atoms with Gasteiger partial charge in [-0.05, 0) is 48.9 Å². The van der Waals surface area contributed by atoms with Crippen LogP contribution in [0.1, 0.15) is 27.0 Å². The van der Waals surface area contributed by atoms with Gasteiger partial charge in [-0.1, -0.05) is 46.9 Å². The van der Waals surface area contributed by atoms with E-state index >= 15 is 0 Å². The maximum Gasteiger partial charge on any atom is 0.232 e. The van der Waals surface area contributed by atoms with Gasteiger partial charge in [0.2, 0.25) is 5.78 Å². The van der Waals surface area contributed by atoms with Gasteiger partial charge in [0.25, 0.3) is 0 Å². The fourth-order valence-corrected chi connectivity index (χ4v) is 3.87. The van der Waals surface area contributed by atoms with Gasteiger partial charge >= 0.3 is 0 Å². The van der Waals surface area contributed by atoms with E-state index in [0.29, 0.717) is 43.8 Å². The Bertz CT molecular complexity index is 1180. The molecule has 1 aliphatic rings. The number of hydrogen-bond acceptors (Lipinski definition) is 3. The SMILES string of the molecule is Cc1cc(OCc2ccc(F)cc2Cl)cc2c1C(=O)/C(=C/c1c(Cl)cccc1Cl)O2. The lowest BCUT2D eigenvalue weighted by molar-refractivity contribution is 0.101. The van der Waals surface area contributed by atoms with Crippen LogP contribution < -0.4 is 9.47 Å². The molecule has 0 bridgehead atoms. The Labute approximate surface area is 187 Å². The molecule has 0 saturated carbocycles. The van der Waals surface area contributed by atoms with Gasteiger partial charge in [-0.2, -0.15) is 0 Å².